The van der Waals surface area contributed by atoms with Crippen LogP contribution in [0.5, 0.6) is 0 Å². The lowest BCUT2D eigenvalue weighted by Crippen LogP contribution is -2.25. The van der Waals surface area contributed by atoms with Crippen molar-refractivity contribution in [3.8, 4) is 0 Å². The summed E-state index contributed by atoms with van der Waals surface area (Å²) in [5.74, 6) is -0.444. The number of halogens is 2. The number of hydrogen-bond donors (Lipinski definition) is 2. The van der Waals surface area contributed by atoms with E-state index in [1.54, 1.807) is 6.07 Å². The van der Waals surface area contributed by atoms with E-state index in [1.807, 2.05) is 24.3 Å². The van der Waals surface area contributed by atoms with Crippen LogP contribution in [0.1, 0.15) is 15.9 Å². The van der Waals surface area contributed by atoms with E-state index < -0.39 is 15.9 Å². The minimum atomic E-state index is -4.09. The predicted molar refractivity (Wildman–Crippen MR) is 125 cm³/mol. The summed E-state index contributed by atoms with van der Waals surface area (Å²) in [6.45, 7) is 0.280. The highest BCUT2D eigenvalue weighted by molar-refractivity contribution is 9.10. The van der Waals surface area contributed by atoms with Crippen molar-refractivity contribution >= 4 is 70.8 Å². The van der Waals surface area contributed by atoms with Gasteiger partial charge in [-0.25, -0.2) is 4.98 Å². The number of amides is 1. The van der Waals surface area contributed by atoms with Gasteiger partial charge in [0.05, 0.1) is 27.5 Å². The lowest BCUT2D eigenvalue weighted by Gasteiger charge is -2.13. The van der Waals surface area contributed by atoms with Crippen LogP contribution in [0.25, 0.3) is 10.1 Å². The molecule has 31 heavy (non-hydrogen) atoms. The lowest BCUT2D eigenvalue weighted by molar-refractivity contribution is 0.0952. The van der Waals surface area contributed by atoms with Gasteiger partial charge >= 0.3 is 0 Å². The second-order valence-corrected chi connectivity index (χ2v) is 10.2. The Morgan fingerprint density at radius 3 is 2.68 bits per heavy atom. The number of carbonyl (C=O) groups excluding carboxylic acids is 1. The van der Waals surface area contributed by atoms with E-state index in [9.17, 15) is 13.2 Å². The Labute approximate surface area is 195 Å². The normalized spacial score (nSPS) is 11.4. The van der Waals surface area contributed by atoms with Crippen LogP contribution < -0.4 is 10.0 Å². The van der Waals surface area contributed by atoms with Gasteiger partial charge in [0.25, 0.3) is 15.9 Å². The number of carbonyl (C=O) groups is 1. The van der Waals surface area contributed by atoms with Crippen LogP contribution in [0.15, 0.2) is 70.4 Å². The molecule has 7 nitrogen and oxygen atoms in total. The molecule has 0 aliphatic heterocycles. The summed E-state index contributed by atoms with van der Waals surface area (Å²) in [7, 11) is -4.09. The summed E-state index contributed by atoms with van der Waals surface area (Å²) in [6, 6.07) is 13.6. The Morgan fingerprint density at radius 1 is 1.13 bits per heavy atom. The molecular formula is C20H14BrClN4O3S2. The quantitative estimate of drug-likeness (QED) is 0.367. The number of nitrogens with zero attached hydrogens (tertiary/aromatic N) is 2. The number of anilines is 1. The van der Waals surface area contributed by atoms with Gasteiger partial charge in [-0.05, 0) is 53.5 Å². The minimum absolute atomic E-state index is 0.0581. The molecule has 2 heterocycles. The third-order valence-corrected chi connectivity index (χ3v) is 7.19. The van der Waals surface area contributed by atoms with Crippen LogP contribution in [-0.4, -0.2) is 23.7 Å². The van der Waals surface area contributed by atoms with Crippen molar-refractivity contribution in [2.24, 2.45) is 0 Å². The fourth-order valence-corrected chi connectivity index (χ4v) is 5.21. The molecule has 0 saturated carbocycles. The first-order valence-corrected chi connectivity index (χ1v) is 12.3. The first kappa shape index (κ1) is 21.7. The van der Waals surface area contributed by atoms with Crippen LogP contribution in [0, 0.1) is 0 Å². The zero-order valence-corrected chi connectivity index (χ0v) is 19.6. The molecule has 4 aromatic rings. The summed E-state index contributed by atoms with van der Waals surface area (Å²) in [4.78, 5) is 16.8. The highest BCUT2D eigenvalue weighted by Gasteiger charge is 2.23. The maximum absolute atomic E-state index is 13.0. The van der Waals surface area contributed by atoms with Crippen molar-refractivity contribution in [1.82, 2.24) is 14.7 Å². The molecule has 0 saturated heterocycles. The molecular weight excluding hydrogens is 524 g/mol. The van der Waals surface area contributed by atoms with Gasteiger partial charge in [-0.1, -0.05) is 39.7 Å². The third-order valence-electron chi connectivity index (χ3n) is 4.34. The molecule has 0 radical (unpaired) electrons. The van der Waals surface area contributed by atoms with Crippen molar-refractivity contribution in [2.45, 2.75) is 11.6 Å². The monoisotopic (exact) mass is 536 g/mol. The van der Waals surface area contributed by atoms with Gasteiger partial charge in [-0.3, -0.25) is 9.52 Å². The lowest BCUT2D eigenvalue weighted by atomic mass is 10.1. The van der Waals surface area contributed by atoms with Crippen molar-refractivity contribution in [2.75, 3.05) is 4.72 Å². The summed E-state index contributed by atoms with van der Waals surface area (Å²) in [5.41, 5.74) is 1.09. The number of hydrogen-bond acceptors (Lipinski definition) is 6. The Kier molecular flexibility index (Phi) is 6.24. The molecule has 4 rings (SSSR count). The average molecular weight is 538 g/mol. The van der Waals surface area contributed by atoms with Crippen molar-refractivity contribution < 1.29 is 13.2 Å². The van der Waals surface area contributed by atoms with Crippen LogP contribution in [0.3, 0.4) is 0 Å². The molecule has 2 aromatic carbocycles. The molecule has 2 N–H and O–H groups in total. The molecule has 1 amide bonds. The van der Waals surface area contributed by atoms with E-state index in [2.05, 4.69) is 35.3 Å². The van der Waals surface area contributed by atoms with Crippen LogP contribution in [0.2, 0.25) is 5.02 Å². The second kappa shape index (κ2) is 8.91. The maximum atomic E-state index is 13.0. The highest BCUT2D eigenvalue weighted by Crippen LogP contribution is 2.28. The molecule has 0 spiro atoms. The van der Waals surface area contributed by atoms with Gasteiger partial charge in [0.15, 0.2) is 5.03 Å². The van der Waals surface area contributed by atoms with Crippen LogP contribution in [0.4, 0.5) is 5.69 Å². The van der Waals surface area contributed by atoms with Crippen molar-refractivity contribution in [1.29, 1.82) is 0 Å². The van der Waals surface area contributed by atoms with E-state index >= 15 is 0 Å². The average Bonchev–Trinajstić information content (AvgIpc) is 3.22. The number of aromatic nitrogens is 2. The zero-order chi connectivity index (χ0) is 22.0. The Balaban J connectivity index is 1.61. The molecule has 0 atom stereocenters. The number of rotatable bonds is 6. The fourth-order valence-electron chi connectivity index (χ4n) is 2.86. The molecule has 0 fully saturated rings. The Bertz CT molecular complexity index is 1370. The van der Waals surface area contributed by atoms with Gasteiger partial charge in [0.1, 0.15) is 0 Å². The van der Waals surface area contributed by atoms with Gasteiger partial charge in [-0.15, -0.1) is 0 Å². The molecule has 11 heteroatoms. The largest absolute Gasteiger partial charge is 0.348 e. The number of fused-ring (bicyclic) bond motifs is 1. The molecule has 2 aromatic heterocycles. The third kappa shape index (κ3) is 4.87. The second-order valence-electron chi connectivity index (χ2n) is 6.46. The van der Waals surface area contributed by atoms with Crippen molar-refractivity contribution in [3.63, 3.8) is 0 Å². The molecule has 0 aliphatic carbocycles. The first-order valence-electron chi connectivity index (χ1n) is 8.88. The van der Waals surface area contributed by atoms with E-state index in [0.717, 1.165) is 10.0 Å². The predicted octanol–water partition coefficient (Wildman–Crippen LogP) is 4.84. The number of benzene rings is 2. The van der Waals surface area contributed by atoms with E-state index in [-0.39, 0.29) is 27.8 Å². The molecule has 158 valence electrons. The topological polar surface area (TPSA) is 101 Å². The van der Waals surface area contributed by atoms with E-state index in [1.165, 1.54) is 42.1 Å². The fraction of sp³-hybridized carbons (Fsp3) is 0.0500. The summed E-state index contributed by atoms with van der Waals surface area (Å²) < 4.78 is 34.2. The Morgan fingerprint density at radius 2 is 1.90 bits per heavy atom. The first-order chi connectivity index (χ1) is 14.8. The zero-order valence-electron chi connectivity index (χ0n) is 15.7. The minimum Gasteiger partial charge on any atom is -0.348 e. The number of nitrogens with one attached hydrogen (secondary N) is 2. The highest BCUT2D eigenvalue weighted by atomic mass is 79.9. The summed E-state index contributed by atoms with van der Waals surface area (Å²) >= 11 is 10.6. The number of pyridine rings is 1. The van der Waals surface area contributed by atoms with Gasteiger partial charge < -0.3 is 5.32 Å². The smallest absolute Gasteiger partial charge is 0.280 e. The van der Waals surface area contributed by atoms with Crippen molar-refractivity contribution in [3.05, 3.63) is 81.5 Å². The van der Waals surface area contributed by atoms with Crippen LogP contribution >= 0.6 is 39.1 Å². The summed E-state index contributed by atoms with van der Waals surface area (Å²) in [5, 5.41) is 3.31. The van der Waals surface area contributed by atoms with Gasteiger partial charge in [0.2, 0.25) is 0 Å². The SMILES string of the molecule is O=C(NCc1ccc(Br)cc1)c1ccc(Cl)cc1NS(=O)(=O)c1nccc2sncc12. The van der Waals surface area contributed by atoms with Gasteiger partial charge in [-0.2, -0.15) is 12.8 Å². The molecule has 0 aliphatic rings. The number of sulfonamides is 1. The van der Waals surface area contributed by atoms with E-state index in [0.29, 0.717) is 10.1 Å². The summed E-state index contributed by atoms with van der Waals surface area (Å²) in [6.07, 6.45) is 2.85. The maximum Gasteiger partial charge on any atom is 0.280 e. The van der Waals surface area contributed by atoms with Gasteiger partial charge in [0, 0.05) is 22.2 Å². The molecule has 0 unspecified atom stereocenters. The van der Waals surface area contributed by atoms with E-state index in [4.69, 9.17) is 11.6 Å². The Hall–Kier alpha value is -2.53. The standard InChI is InChI=1S/C20H14BrClN4O3S2/c21-13-3-1-12(2-4-13)10-24-19(27)15-6-5-14(22)9-17(15)26-31(28,29)20-16-11-25-30-18(16)7-8-23-20/h1-9,11,26H,10H2,(H,24,27). The molecule has 0 bridgehead atoms. The van der Waals surface area contributed by atoms with Crippen LogP contribution in [-0.2, 0) is 16.6 Å².